The quantitative estimate of drug-likeness (QED) is 0.513. The lowest BCUT2D eigenvalue weighted by Gasteiger charge is -2.32. The summed E-state index contributed by atoms with van der Waals surface area (Å²) in [5.74, 6) is 0.135. The lowest BCUT2D eigenvalue weighted by Crippen LogP contribution is -2.53. The number of hydrogen-bond acceptors (Lipinski definition) is 2. The second kappa shape index (κ2) is 7.43. The monoisotopic (exact) mass is 267 g/mol. The van der Waals surface area contributed by atoms with Gasteiger partial charge in [-0.05, 0) is 6.42 Å². The summed E-state index contributed by atoms with van der Waals surface area (Å²) in [7, 11) is 1.93. The van der Waals surface area contributed by atoms with Crippen molar-refractivity contribution in [2.75, 3.05) is 7.05 Å². The Morgan fingerprint density at radius 1 is 1.32 bits per heavy atom. The van der Waals surface area contributed by atoms with Gasteiger partial charge < -0.3 is 5.11 Å². The standard InChI is InChI=1S/C15H26N2O2/c1-4-5-6-7-8-9-10-14(15(18)19)17(3)12-11-16-13(17)2/h11-12,14H,4-10H2,1-3H3/p+1. The van der Waals surface area contributed by atoms with Gasteiger partial charge in [0.2, 0.25) is 5.84 Å². The van der Waals surface area contributed by atoms with Crippen LogP contribution in [0.5, 0.6) is 0 Å². The third-order valence-electron chi connectivity index (χ3n) is 4.10. The molecule has 0 spiro atoms. The largest absolute Gasteiger partial charge is 0.477 e. The Kier molecular flexibility index (Phi) is 6.22. The molecule has 1 aliphatic rings. The Bertz CT molecular complexity index is 363. The minimum Gasteiger partial charge on any atom is -0.477 e. The molecule has 0 bridgehead atoms. The van der Waals surface area contributed by atoms with Gasteiger partial charge in [0.1, 0.15) is 6.20 Å². The van der Waals surface area contributed by atoms with E-state index in [2.05, 4.69) is 11.9 Å². The van der Waals surface area contributed by atoms with Gasteiger partial charge >= 0.3 is 5.97 Å². The van der Waals surface area contributed by atoms with E-state index in [0.29, 0.717) is 4.48 Å². The number of quaternary nitrogens is 1. The van der Waals surface area contributed by atoms with Crippen LogP contribution in [0.3, 0.4) is 0 Å². The van der Waals surface area contributed by atoms with Crippen molar-refractivity contribution < 1.29 is 14.4 Å². The highest BCUT2D eigenvalue weighted by Crippen LogP contribution is 2.23. The van der Waals surface area contributed by atoms with Crippen LogP contribution in [0.1, 0.15) is 58.8 Å². The average molecular weight is 267 g/mol. The number of hydrogen-bond donors (Lipinski definition) is 1. The van der Waals surface area contributed by atoms with Crippen molar-refractivity contribution in [1.82, 2.24) is 0 Å². The molecular formula is C15H27N2O2+. The van der Waals surface area contributed by atoms with Crippen molar-refractivity contribution in [3.8, 4) is 0 Å². The smallest absolute Gasteiger partial charge is 0.363 e. The molecule has 0 aromatic heterocycles. The molecule has 0 fully saturated rings. The van der Waals surface area contributed by atoms with Gasteiger partial charge in [0.25, 0.3) is 0 Å². The van der Waals surface area contributed by atoms with Crippen LogP contribution in [0.15, 0.2) is 17.4 Å². The third kappa shape index (κ3) is 4.16. The van der Waals surface area contributed by atoms with E-state index in [4.69, 9.17) is 0 Å². The van der Waals surface area contributed by atoms with Gasteiger partial charge in [-0.25, -0.2) is 14.3 Å². The minimum atomic E-state index is -0.725. The molecule has 0 saturated carbocycles. The SMILES string of the molecule is CCCCCCCCC(C(=O)O)[N+]1(C)C=CN=C1C. The summed E-state index contributed by atoms with van der Waals surface area (Å²) in [6, 6.07) is -0.409. The highest BCUT2D eigenvalue weighted by Gasteiger charge is 2.41. The van der Waals surface area contributed by atoms with E-state index < -0.39 is 12.0 Å². The number of likely N-dealkylation sites (N-methyl/N-ethyl adjacent to an activating group) is 1. The summed E-state index contributed by atoms with van der Waals surface area (Å²) < 4.78 is 0.324. The van der Waals surface area contributed by atoms with E-state index in [-0.39, 0.29) is 0 Å². The first-order valence-electron chi connectivity index (χ1n) is 7.33. The number of nitrogens with zero attached hydrogens (tertiary/aromatic N) is 2. The van der Waals surface area contributed by atoms with Crippen LogP contribution in [0, 0.1) is 0 Å². The molecule has 0 aliphatic carbocycles. The number of amidine groups is 1. The van der Waals surface area contributed by atoms with Crippen molar-refractivity contribution in [2.24, 2.45) is 4.99 Å². The summed E-state index contributed by atoms with van der Waals surface area (Å²) in [5, 5.41) is 9.45. The predicted octanol–water partition coefficient (Wildman–Crippen LogP) is 3.54. The van der Waals surface area contributed by atoms with Crippen molar-refractivity contribution in [3.05, 3.63) is 12.4 Å². The Morgan fingerprint density at radius 3 is 2.47 bits per heavy atom. The molecule has 0 aromatic rings. The third-order valence-corrected chi connectivity index (χ3v) is 4.10. The fraction of sp³-hybridized carbons (Fsp3) is 0.733. The van der Waals surface area contributed by atoms with Crippen LogP contribution < -0.4 is 0 Å². The Morgan fingerprint density at radius 2 is 1.95 bits per heavy atom. The molecule has 4 heteroatoms. The van der Waals surface area contributed by atoms with Gasteiger partial charge in [-0.2, -0.15) is 0 Å². The minimum absolute atomic E-state index is 0.324. The number of carboxylic acid groups (broad SMARTS) is 1. The zero-order valence-corrected chi connectivity index (χ0v) is 12.4. The normalized spacial score (nSPS) is 23.4. The molecule has 1 rings (SSSR count). The zero-order chi connectivity index (χ0) is 14.3. The molecule has 0 radical (unpaired) electrons. The lowest BCUT2D eigenvalue weighted by molar-refractivity contribution is -0.784. The van der Waals surface area contributed by atoms with Gasteiger partial charge in [-0.15, -0.1) is 0 Å². The topological polar surface area (TPSA) is 49.7 Å². The van der Waals surface area contributed by atoms with Crippen molar-refractivity contribution in [2.45, 2.75) is 64.8 Å². The number of carbonyl (C=O) groups is 1. The van der Waals surface area contributed by atoms with Gasteiger partial charge in [0.15, 0.2) is 6.04 Å². The van der Waals surface area contributed by atoms with Crippen LogP contribution in [0.25, 0.3) is 0 Å². The molecule has 4 nitrogen and oxygen atoms in total. The van der Waals surface area contributed by atoms with E-state index in [1.807, 2.05) is 20.2 Å². The molecular weight excluding hydrogens is 240 g/mol. The van der Waals surface area contributed by atoms with Gasteiger partial charge in [-0.3, -0.25) is 0 Å². The van der Waals surface area contributed by atoms with E-state index in [1.165, 1.54) is 25.7 Å². The summed E-state index contributed by atoms with van der Waals surface area (Å²) in [6.07, 6.45) is 11.4. The Hall–Kier alpha value is -1.16. The maximum absolute atomic E-state index is 11.5. The highest BCUT2D eigenvalue weighted by atomic mass is 16.4. The van der Waals surface area contributed by atoms with Crippen LogP contribution in [-0.4, -0.2) is 34.5 Å². The summed E-state index contributed by atoms with van der Waals surface area (Å²) in [4.78, 5) is 15.7. The molecule has 2 unspecified atom stereocenters. The average Bonchev–Trinajstić information content (AvgIpc) is 2.69. The Labute approximate surface area is 116 Å². The summed E-state index contributed by atoms with van der Waals surface area (Å²) in [6.45, 7) is 4.10. The molecule has 0 aromatic carbocycles. The molecule has 1 aliphatic heterocycles. The molecule has 0 amide bonds. The zero-order valence-electron chi connectivity index (χ0n) is 12.4. The van der Waals surface area contributed by atoms with Crippen molar-refractivity contribution >= 4 is 11.8 Å². The van der Waals surface area contributed by atoms with Crippen LogP contribution in [0.2, 0.25) is 0 Å². The molecule has 1 N–H and O–H groups in total. The second-order valence-corrected chi connectivity index (χ2v) is 5.53. The lowest BCUT2D eigenvalue weighted by atomic mass is 10.0. The molecule has 108 valence electrons. The summed E-state index contributed by atoms with van der Waals surface area (Å²) >= 11 is 0. The fourth-order valence-electron chi connectivity index (χ4n) is 2.58. The maximum atomic E-state index is 11.5. The molecule has 2 atom stereocenters. The van der Waals surface area contributed by atoms with E-state index in [0.717, 1.165) is 25.1 Å². The van der Waals surface area contributed by atoms with Crippen molar-refractivity contribution in [1.29, 1.82) is 0 Å². The van der Waals surface area contributed by atoms with Crippen molar-refractivity contribution in [3.63, 3.8) is 0 Å². The molecule has 1 heterocycles. The first-order chi connectivity index (χ1) is 9.02. The number of aliphatic imine (C=N–C) groups is 1. The van der Waals surface area contributed by atoms with Crippen LogP contribution >= 0.6 is 0 Å². The van der Waals surface area contributed by atoms with Crippen LogP contribution in [0.4, 0.5) is 0 Å². The van der Waals surface area contributed by atoms with E-state index in [1.54, 1.807) is 6.20 Å². The van der Waals surface area contributed by atoms with Crippen LogP contribution in [-0.2, 0) is 4.79 Å². The van der Waals surface area contributed by atoms with Gasteiger partial charge in [-0.1, -0.05) is 39.0 Å². The van der Waals surface area contributed by atoms with Gasteiger partial charge in [0.05, 0.1) is 13.2 Å². The molecule has 0 saturated heterocycles. The predicted molar refractivity (Wildman–Crippen MR) is 77.9 cm³/mol. The Balaban J connectivity index is 2.45. The molecule has 19 heavy (non-hydrogen) atoms. The fourth-order valence-corrected chi connectivity index (χ4v) is 2.58. The van der Waals surface area contributed by atoms with E-state index in [9.17, 15) is 9.90 Å². The highest BCUT2D eigenvalue weighted by molar-refractivity contribution is 5.80. The maximum Gasteiger partial charge on any atom is 0.363 e. The number of unbranched alkanes of at least 4 members (excludes halogenated alkanes) is 5. The van der Waals surface area contributed by atoms with Gasteiger partial charge in [0, 0.05) is 13.3 Å². The number of carboxylic acids is 1. The first kappa shape index (κ1) is 15.9. The van der Waals surface area contributed by atoms with E-state index >= 15 is 0 Å². The first-order valence-corrected chi connectivity index (χ1v) is 7.33. The second-order valence-electron chi connectivity index (χ2n) is 5.53. The number of aliphatic carboxylic acids is 1. The number of rotatable bonds is 9. The summed E-state index contributed by atoms with van der Waals surface area (Å²) in [5.41, 5.74) is 0.